The second kappa shape index (κ2) is 6.44. The number of hydrogen-bond acceptors (Lipinski definition) is 2. The highest BCUT2D eigenvalue weighted by Crippen LogP contribution is 2.09. The van der Waals surface area contributed by atoms with Crippen LogP contribution in [0, 0.1) is 0 Å². The van der Waals surface area contributed by atoms with Gasteiger partial charge in [-0.15, -0.1) is 0 Å². The first kappa shape index (κ1) is 12.0. The van der Waals surface area contributed by atoms with Crippen molar-refractivity contribution in [3.8, 4) is 0 Å². The molecule has 0 amide bonds. The molecule has 1 fully saturated rings. The van der Waals surface area contributed by atoms with E-state index in [4.69, 9.17) is 11.6 Å². The lowest BCUT2D eigenvalue weighted by atomic mass is 10.2. The summed E-state index contributed by atoms with van der Waals surface area (Å²) in [4.78, 5) is 2.45. The third kappa shape index (κ3) is 3.99. The maximum atomic E-state index is 5.54. The molecule has 0 aliphatic carbocycles. The van der Waals surface area contributed by atoms with Crippen molar-refractivity contribution < 1.29 is 0 Å². The van der Waals surface area contributed by atoms with Crippen molar-refractivity contribution in [3.63, 3.8) is 0 Å². The zero-order valence-corrected chi connectivity index (χ0v) is 9.93. The molecule has 1 saturated heterocycles. The first-order valence-corrected chi connectivity index (χ1v) is 5.90. The smallest absolute Gasteiger partial charge is 0.0195 e. The van der Waals surface area contributed by atoms with E-state index in [1.165, 1.54) is 19.4 Å². The number of nitrogens with zero attached hydrogens (tertiary/aromatic N) is 1. The standard InChI is InChI=1S/C11H21ClN2/c1-10(2)14(8-4-6-12)9-11-5-3-7-13-11/h4,6,10-11,13H,3,5,7-9H2,1-2H3/b6-4+. The van der Waals surface area contributed by atoms with E-state index in [9.17, 15) is 0 Å². The van der Waals surface area contributed by atoms with Gasteiger partial charge in [0, 0.05) is 30.7 Å². The topological polar surface area (TPSA) is 15.3 Å². The van der Waals surface area contributed by atoms with Crippen LogP contribution in [-0.4, -0.2) is 36.6 Å². The molecule has 1 rings (SSSR count). The van der Waals surface area contributed by atoms with E-state index < -0.39 is 0 Å². The lowest BCUT2D eigenvalue weighted by Gasteiger charge is -2.28. The van der Waals surface area contributed by atoms with Gasteiger partial charge in [-0.1, -0.05) is 17.7 Å². The zero-order valence-electron chi connectivity index (χ0n) is 9.17. The van der Waals surface area contributed by atoms with Gasteiger partial charge in [0.05, 0.1) is 0 Å². The number of rotatable bonds is 5. The van der Waals surface area contributed by atoms with Crippen molar-refractivity contribution in [2.75, 3.05) is 19.6 Å². The third-order valence-electron chi connectivity index (χ3n) is 2.78. The molecule has 1 aliphatic heterocycles. The first-order valence-electron chi connectivity index (χ1n) is 5.46. The summed E-state index contributed by atoms with van der Waals surface area (Å²) in [5, 5.41) is 3.52. The Morgan fingerprint density at radius 3 is 2.86 bits per heavy atom. The Hall–Kier alpha value is -0.0500. The van der Waals surface area contributed by atoms with Crippen molar-refractivity contribution in [1.29, 1.82) is 0 Å². The van der Waals surface area contributed by atoms with Gasteiger partial charge in [-0.2, -0.15) is 0 Å². The van der Waals surface area contributed by atoms with Gasteiger partial charge in [0.25, 0.3) is 0 Å². The molecular formula is C11H21ClN2. The summed E-state index contributed by atoms with van der Waals surface area (Å²) in [5.41, 5.74) is 1.61. The fourth-order valence-electron chi connectivity index (χ4n) is 1.87. The SMILES string of the molecule is CC(C)N(C/C=C/Cl)CC1CCCN1. The average molecular weight is 217 g/mol. The fraction of sp³-hybridized carbons (Fsp3) is 0.818. The van der Waals surface area contributed by atoms with Gasteiger partial charge in [0.1, 0.15) is 0 Å². The largest absolute Gasteiger partial charge is 0.313 e. The molecule has 1 heterocycles. The zero-order chi connectivity index (χ0) is 10.4. The van der Waals surface area contributed by atoms with Crippen molar-refractivity contribution in [3.05, 3.63) is 11.6 Å². The maximum Gasteiger partial charge on any atom is 0.0195 e. The molecule has 1 atom stereocenters. The molecule has 0 radical (unpaired) electrons. The molecule has 1 aliphatic rings. The van der Waals surface area contributed by atoms with Crippen LogP contribution in [0.15, 0.2) is 11.6 Å². The van der Waals surface area contributed by atoms with Crippen molar-refractivity contribution in [2.24, 2.45) is 0 Å². The van der Waals surface area contributed by atoms with E-state index in [1.54, 1.807) is 5.54 Å². The molecule has 82 valence electrons. The van der Waals surface area contributed by atoms with Crippen LogP contribution in [0.4, 0.5) is 0 Å². The first-order chi connectivity index (χ1) is 6.74. The summed E-state index contributed by atoms with van der Waals surface area (Å²) < 4.78 is 0. The maximum absolute atomic E-state index is 5.54. The lowest BCUT2D eigenvalue weighted by Crippen LogP contribution is -2.41. The minimum atomic E-state index is 0.588. The van der Waals surface area contributed by atoms with Crippen LogP contribution in [0.25, 0.3) is 0 Å². The van der Waals surface area contributed by atoms with Gasteiger partial charge in [-0.25, -0.2) is 0 Å². The number of hydrogen-bond donors (Lipinski definition) is 1. The van der Waals surface area contributed by atoms with Crippen LogP contribution in [-0.2, 0) is 0 Å². The summed E-state index contributed by atoms with van der Waals surface area (Å²) in [6, 6.07) is 1.27. The van der Waals surface area contributed by atoms with E-state index in [0.29, 0.717) is 12.1 Å². The Balaban J connectivity index is 2.33. The predicted octanol–water partition coefficient (Wildman–Crippen LogP) is 2.20. The Bertz CT molecular complexity index is 174. The molecular weight excluding hydrogens is 196 g/mol. The number of nitrogens with one attached hydrogen (secondary N) is 1. The lowest BCUT2D eigenvalue weighted by molar-refractivity contribution is 0.224. The Kier molecular flexibility index (Phi) is 5.53. The summed E-state index contributed by atoms with van der Waals surface area (Å²) in [7, 11) is 0. The second-order valence-electron chi connectivity index (χ2n) is 4.20. The molecule has 1 N–H and O–H groups in total. The van der Waals surface area contributed by atoms with Crippen LogP contribution < -0.4 is 5.32 Å². The monoisotopic (exact) mass is 216 g/mol. The van der Waals surface area contributed by atoms with Crippen LogP contribution in [0.3, 0.4) is 0 Å². The normalized spacial score (nSPS) is 23.1. The Labute approximate surface area is 92.3 Å². The van der Waals surface area contributed by atoms with Gasteiger partial charge in [-0.3, -0.25) is 4.90 Å². The molecule has 0 saturated carbocycles. The van der Waals surface area contributed by atoms with Crippen molar-refractivity contribution in [1.82, 2.24) is 10.2 Å². The molecule has 0 spiro atoms. The van der Waals surface area contributed by atoms with E-state index in [1.807, 2.05) is 6.08 Å². The second-order valence-corrected chi connectivity index (χ2v) is 4.45. The molecule has 3 heteroatoms. The van der Waals surface area contributed by atoms with Crippen LogP contribution in [0.2, 0.25) is 0 Å². The predicted molar refractivity (Wildman–Crippen MR) is 62.7 cm³/mol. The van der Waals surface area contributed by atoms with E-state index in [2.05, 4.69) is 24.1 Å². The summed E-state index contributed by atoms with van der Waals surface area (Å²) in [6.45, 7) is 7.74. The van der Waals surface area contributed by atoms with E-state index in [0.717, 1.165) is 13.1 Å². The quantitative estimate of drug-likeness (QED) is 0.758. The highest BCUT2D eigenvalue weighted by atomic mass is 35.5. The molecule has 0 bridgehead atoms. The van der Waals surface area contributed by atoms with Gasteiger partial charge in [0.15, 0.2) is 0 Å². The molecule has 14 heavy (non-hydrogen) atoms. The van der Waals surface area contributed by atoms with Crippen LogP contribution in [0.1, 0.15) is 26.7 Å². The molecule has 0 aromatic heterocycles. The highest BCUT2D eigenvalue weighted by molar-refractivity contribution is 6.25. The van der Waals surface area contributed by atoms with Crippen molar-refractivity contribution >= 4 is 11.6 Å². The highest BCUT2D eigenvalue weighted by Gasteiger charge is 2.18. The minimum absolute atomic E-state index is 0.588. The third-order valence-corrected chi connectivity index (χ3v) is 2.95. The van der Waals surface area contributed by atoms with E-state index in [-0.39, 0.29) is 0 Å². The summed E-state index contributed by atoms with van der Waals surface area (Å²) >= 11 is 5.54. The van der Waals surface area contributed by atoms with E-state index >= 15 is 0 Å². The Morgan fingerprint density at radius 1 is 1.57 bits per heavy atom. The summed E-state index contributed by atoms with van der Waals surface area (Å²) in [5.74, 6) is 0. The van der Waals surface area contributed by atoms with Crippen LogP contribution >= 0.6 is 11.6 Å². The number of halogens is 1. The van der Waals surface area contributed by atoms with Crippen molar-refractivity contribution in [2.45, 2.75) is 38.8 Å². The average Bonchev–Trinajstić information content (AvgIpc) is 2.64. The molecule has 2 nitrogen and oxygen atoms in total. The van der Waals surface area contributed by atoms with Gasteiger partial charge in [-0.05, 0) is 33.2 Å². The minimum Gasteiger partial charge on any atom is -0.313 e. The molecule has 0 aromatic rings. The van der Waals surface area contributed by atoms with Gasteiger partial charge < -0.3 is 5.32 Å². The van der Waals surface area contributed by atoms with Gasteiger partial charge in [0.2, 0.25) is 0 Å². The van der Waals surface area contributed by atoms with Gasteiger partial charge >= 0.3 is 0 Å². The fourth-order valence-corrected chi connectivity index (χ4v) is 1.95. The van der Waals surface area contributed by atoms with Crippen LogP contribution in [0.5, 0.6) is 0 Å². The summed E-state index contributed by atoms with van der Waals surface area (Å²) in [6.07, 6.45) is 4.65. The molecule has 1 unspecified atom stereocenters. The molecule has 0 aromatic carbocycles. The Morgan fingerprint density at radius 2 is 2.36 bits per heavy atom.